The Morgan fingerprint density at radius 1 is 1.11 bits per heavy atom. The van der Waals surface area contributed by atoms with Crippen molar-refractivity contribution in [3.8, 4) is 11.1 Å². The van der Waals surface area contributed by atoms with Gasteiger partial charge in [-0.1, -0.05) is 11.6 Å². The highest BCUT2D eigenvalue weighted by Crippen LogP contribution is 2.31. The van der Waals surface area contributed by atoms with Gasteiger partial charge >= 0.3 is 0 Å². The maximum Gasteiger partial charge on any atom is 0.137 e. The van der Waals surface area contributed by atoms with E-state index in [0.717, 1.165) is 53.5 Å². The zero-order chi connectivity index (χ0) is 19.3. The molecular weight excluding hydrogens is 360 g/mol. The Labute approximate surface area is 164 Å². The Hall–Kier alpha value is -2.47. The van der Waals surface area contributed by atoms with Crippen LogP contribution in [0, 0.1) is 27.7 Å². The lowest BCUT2D eigenvalue weighted by Gasteiger charge is -2.30. The topological polar surface area (TPSA) is 59.7 Å². The quantitative estimate of drug-likeness (QED) is 0.632. The maximum atomic E-state index is 6.28. The molecule has 7 heteroatoms. The van der Waals surface area contributed by atoms with Crippen molar-refractivity contribution in [3.63, 3.8) is 0 Å². The van der Waals surface area contributed by atoms with Crippen LogP contribution >= 0.6 is 11.6 Å². The van der Waals surface area contributed by atoms with Gasteiger partial charge in [0.25, 0.3) is 0 Å². The summed E-state index contributed by atoms with van der Waals surface area (Å²) >= 11 is 6.28. The van der Waals surface area contributed by atoms with Crippen LogP contribution in [-0.2, 0) is 20.0 Å². The van der Waals surface area contributed by atoms with Gasteiger partial charge in [-0.3, -0.25) is 9.67 Å². The molecule has 0 aromatic carbocycles. The van der Waals surface area contributed by atoms with Gasteiger partial charge in [-0.15, -0.1) is 0 Å². The summed E-state index contributed by atoms with van der Waals surface area (Å²) in [6, 6.07) is 2.25. The molecule has 0 N–H and O–H groups in total. The molecule has 4 rings (SSSR count). The molecule has 0 fully saturated rings. The van der Waals surface area contributed by atoms with E-state index >= 15 is 0 Å². The summed E-state index contributed by atoms with van der Waals surface area (Å²) in [6.07, 6.45) is 2.86. The molecule has 3 aromatic rings. The lowest BCUT2D eigenvalue weighted by Crippen LogP contribution is -2.32. The number of hydrogen-bond donors (Lipinski definition) is 0. The number of nitrogens with zero attached hydrogens (tertiary/aromatic N) is 6. The van der Waals surface area contributed by atoms with E-state index in [2.05, 4.69) is 33.0 Å². The highest BCUT2D eigenvalue weighted by molar-refractivity contribution is 6.30. The number of fused-ring (bicyclic) bond motifs is 1. The van der Waals surface area contributed by atoms with Gasteiger partial charge in [-0.25, -0.2) is 9.97 Å². The molecule has 4 heterocycles. The van der Waals surface area contributed by atoms with Gasteiger partial charge < -0.3 is 4.90 Å². The number of aromatic nitrogens is 5. The highest BCUT2D eigenvalue weighted by Gasteiger charge is 2.23. The fourth-order valence-electron chi connectivity index (χ4n) is 3.82. The van der Waals surface area contributed by atoms with E-state index in [1.807, 2.05) is 38.7 Å². The number of aryl methyl sites for hydroxylation is 3. The largest absolute Gasteiger partial charge is 0.351 e. The fraction of sp³-hybridized carbons (Fsp3) is 0.400. The van der Waals surface area contributed by atoms with Crippen LogP contribution in [-0.4, -0.2) is 31.3 Å². The van der Waals surface area contributed by atoms with E-state index in [4.69, 9.17) is 16.6 Å². The van der Waals surface area contributed by atoms with E-state index in [-0.39, 0.29) is 0 Å². The zero-order valence-corrected chi connectivity index (χ0v) is 17.1. The Morgan fingerprint density at radius 3 is 2.59 bits per heavy atom. The Morgan fingerprint density at radius 2 is 1.89 bits per heavy atom. The van der Waals surface area contributed by atoms with Crippen LogP contribution in [0.5, 0.6) is 0 Å². The minimum atomic E-state index is 0.525. The summed E-state index contributed by atoms with van der Waals surface area (Å²) in [6.45, 7) is 9.63. The van der Waals surface area contributed by atoms with E-state index in [9.17, 15) is 0 Å². The second-order valence-electron chi connectivity index (χ2n) is 7.18. The van der Waals surface area contributed by atoms with Crippen molar-refractivity contribution < 1.29 is 0 Å². The van der Waals surface area contributed by atoms with Crippen molar-refractivity contribution in [2.75, 3.05) is 11.4 Å². The summed E-state index contributed by atoms with van der Waals surface area (Å²) in [5, 5.41) is 5.06. The molecule has 0 atom stereocenters. The van der Waals surface area contributed by atoms with Crippen molar-refractivity contribution in [2.45, 2.75) is 40.7 Å². The molecule has 1 aliphatic heterocycles. The molecule has 3 aromatic heterocycles. The average molecular weight is 383 g/mol. The van der Waals surface area contributed by atoms with Gasteiger partial charge in [0.15, 0.2) is 0 Å². The van der Waals surface area contributed by atoms with E-state index in [1.54, 1.807) is 0 Å². The highest BCUT2D eigenvalue weighted by atomic mass is 35.5. The number of hydrogen-bond acceptors (Lipinski definition) is 5. The standard InChI is InChI=1S/C20H23ClN6/c1-11-19(21)23-14(4)24-20(11)27-7-6-17-16(10-27)8-15(9-22-17)18-12(2)25-26(5)13(18)3/h8-9H,6-7,10H2,1-5H3. The van der Waals surface area contributed by atoms with Gasteiger partial charge in [-0.2, -0.15) is 5.10 Å². The van der Waals surface area contributed by atoms with Crippen LogP contribution in [0.25, 0.3) is 11.1 Å². The van der Waals surface area contributed by atoms with Crippen molar-refractivity contribution in [1.29, 1.82) is 0 Å². The summed E-state index contributed by atoms with van der Waals surface area (Å²) in [7, 11) is 1.98. The van der Waals surface area contributed by atoms with Crippen LogP contribution in [0.1, 0.15) is 34.0 Å². The molecule has 0 unspecified atom stereocenters. The normalized spacial score (nSPS) is 13.8. The maximum absolute atomic E-state index is 6.28. The van der Waals surface area contributed by atoms with Crippen molar-refractivity contribution in [2.24, 2.45) is 7.05 Å². The SMILES string of the molecule is Cc1nc(Cl)c(C)c(N2CCc3ncc(-c4c(C)nn(C)c4C)cc3C2)n1. The Balaban J connectivity index is 1.73. The number of pyridine rings is 1. The molecule has 0 aliphatic carbocycles. The fourth-order valence-corrected chi connectivity index (χ4v) is 4.03. The average Bonchev–Trinajstić information content (AvgIpc) is 2.89. The smallest absolute Gasteiger partial charge is 0.137 e. The first-order chi connectivity index (χ1) is 12.8. The zero-order valence-electron chi connectivity index (χ0n) is 16.3. The van der Waals surface area contributed by atoms with E-state index in [0.29, 0.717) is 11.0 Å². The third-order valence-electron chi connectivity index (χ3n) is 5.31. The molecule has 27 heavy (non-hydrogen) atoms. The molecule has 1 aliphatic rings. The van der Waals surface area contributed by atoms with Crippen molar-refractivity contribution in [1.82, 2.24) is 24.7 Å². The molecule has 0 saturated carbocycles. The third kappa shape index (κ3) is 3.08. The van der Waals surface area contributed by atoms with Crippen LogP contribution in [0.2, 0.25) is 5.15 Å². The summed E-state index contributed by atoms with van der Waals surface area (Å²) < 4.78 is 1.92. The van der Waals surface area contributed by atoms with Gasteiger partial charge in [0, 0.05) is 60.8 Å². The number of rotatable bonds is 2. The van der Waals surface area contributed by atoms with E-state index < -0.39 is 0 Å². The molecular formula is C20H23ClN6. The first-order valence-electron chi connectivity index (χ1n) is 9.09. The molecule has 140 valence electrons. The molecule has 6 nitrogen and oxygen atoms in total. The molecule has 0 saturated heterocycles. The Bertz CT molecular complexity index is 1040. The van der Waals surface area contributed by atoms with Gasteiger partial charge in [0.2, 0.25) is 0 Å². The molecule has 0 spiro atoms. The molecule has 0 bridgehead atoms. The molecule has 0 amide bonds. The number of anilines is 1. The van der Waals surface area contributed by atoms with Crippen LogP contribution < -0.4 is 4.90 Å². The predicted molar refractivity (Wildman–Crippen MR) is 107 cm³/mol. The second kappa shape index (κ2) is 6.60. The second-order valence-corrected chi connectivity index (χ2v) is 7.54. The first-order valence-corrected chi connectivity index (χ1v) is 9.47. The summed E-state index contributed by atoms with van der Waals surface area (Å²) in [5.41, 5.74) is 7.77. The van der Waals surface area contributed by atoms with Gasteiger partial charge in [0.1, 0.15) is 16.8 Å². The third-order valence-corrected chi connectivity index (χ3v) is 5.68. The minimum absolute atomic E-state index is 0.525. The van der Waals surface area contributed by atoms with Gasteiger partial charge in [-0.05, 0) is 39.3 Å². The number of halogens is 1. The first kappa shape index (κ1) is 17.9. The molecule has 0 radical (unpaired) electrons. The Kier molecular flexibility index (Phi) is 4.38. The lowest BCUT2D eigenvalue weighted by atomic mass is 9.99. The van der Waals surface area contributed by atoms with Crippen molar-refractivity contribution >= 4 is 17.4 Å². The monoisotopic (exact) mass is 382 g/mol. The summed E-state index contributed by atoms with van der Waals surface area (Å²) in [4.78, 5) is 15.9. The van der Waals surface area contributed by atoms with Crippen LogP contribution in [0.3, 0.4) is 0 Å². The van der Waals surface area contributed by atoms with Crippen LogP contribution in [0.15, 0.2) is 12.3 Å². The van der Waals surface area contributed by atoms with Gasteiger partial charge in [0.05, 0.1) is 5.69 Å². The van der Waals surface area contributed by atoms with E-state index in [1.165, 1.54) is 11.1 Å². The predicted octanol–water partition coefficient (Wildman–Crippen LogP) is 3.72. The van der Waals surface area contributed by atoms with Crippen molar-refractivity contribution in [3.05, 3.63) is 51.4 Å². The lowest BCUT2D eigenvalue weighted by molar-refractivity contribution is 0.697. The summed E-state index contributed by atoms with van der Waals surface area (Å²) in [5.74, 6) is 1.61. The van der Waals surface area contributed by atoms with Crippen LogP contribution in [0.4, 0.5) is 5.82 Å². The minimum Gasteiger partial charge on any atom is -0.351 e.